The number of carbonyl (C=O) groups is 1. The summed E-state index contributed by atoms with van der Waals surface area (Å²) in [6.45, 7) is 4.29. The summed E-state index contributed by atoms with van der Waals surface area (Å²) < 4.78 is 5.16. The van der Waals surface area contributed by atoms with Crippen molar-refractivity contribution < 1.29 is 14.6 Å². The first-order chi connectivity index (χ1) is 7.58. The number of carbonyl (C=O) groups excluding carboxylic acids is 1. The third-order valence-electron chi connectivity index (χ3n) is 1.97. The summed E-state index contributed by atoms with van der Waals surface area (Å²) in [4.78, 5) is 11.3. The lowest BCUT2D eigenvalue weighted by Gasteiger charge is -2.08. The Labute approximate surface area is 95.2 Å². The van der Waals surface area contributed by atoms with E-state index in [1.54, 1.807) is 24.3 Å². The molecule has 1 rings (SSSR count). The highest BCUT2D eigenvalue weighted by Gasteiger charge is 2.02. The molecule has 88 valence electrons. The van der Waals surface area contributed by atoms with Gasteiger partial charge in [-0.3, -0.25) is 4.79 Å². The van der Waals surface area contributed by atoms with Gasteiger partial charge in [0.05, 0.1) is 6.10 Å². The van der Waals surface area contributed by atoms with E-state index in [9.17, 15) is 4.79 Å². The highest BCUT2D eigenvalue weighted by Crippen LogP contribution is 2.08. The van der Waals surface area contributed by atoms with Crippen LogP contribution in [0.3, 0.4) is 0 Å². The van der Waals surface area contributed by atoms with E-state index in [0.717, 1.165) is 5.56 Å². The molecular weight excluding hydrogens is 206 g/mol. The van der Waals surface area contributed by atoms with E-state index in [1.807, 2.05) is 13.8 Å². The number of nitrogens with one attached hydrogen (secondary N) is 1. The van der Waals surface area contributed by atoms with E-state index in [0.29, 0.717) is 6.54 Å². The first kappa shape index (κ1) is 12.5. The van der Waals surface area contributed by atoms with Crippen LogP contribution in [-0.4, -0.2) is 23.7 Å². The van der Waals surface area contributed by atoms with Crippen LogP contribution >= 0.6 is 0 Å². The smallest absolute Gasteiger partial charge is 0.246 e. The second-order valence-electron chi connectivity index (χ2n) is 3.80. The van der Waals surface area contributed by atoms with Crippen LogP contribution in [0.15, 0.2) is 24.3 Å². The number of phenols is 1. The lowest BCUT2D eigenvalue weighted by Crippen LogP contribution is -2.28. The van der Waals surface area contributed by atoms with E-state index >= 15 is 0 Å². The number of phenolic OH excluding ortho intramolecular Hbond substituents is 1. The molecule has 4 heteroatoms. The standard InChI is InChI=1S/C12H17NO3/c1-9(2)16-8-12(15)13-7-10-3-5-11(14)6-4-10/h3-6,9,14H,7-8H2,1-2H3,(H,13,15). The summed E-state index contributed by atoms with van der Waals surface area (Å²) in [7, 11) is 0. The zero-order chi connectivity index (χ0) is 12.0. The minimum absolute atomic E-state index is 0.0550. The van der Waals surface area contributed by atoms with Gasteiger partial charge in [-0.1, -0.05) is 12.1 Å². The Bertz CT molecular complexity index is 333. The quantitative estimate of drug-likeness (QED) is 0.794. The molecule has 0 atom stereocenters. The molecule has 0 fully saturated rings. The maximum atomic E-state index is 11.3. The van der Waals surface area contributed by atoms with Crippen LogP contribution in [0.5, 0.6) is 5.75 Å². The molecule has 0 bridgehead atoms. The first-order valence-corrected chi connectivity index (χ1v) is 5.24. The summed E-state index contributed by atoms with van der Waals surface area (Å²) in [6, 6.07) is 6.70. The molecule has 4 nitrogen and oxygen atoms in total. The molecule has 1 amide bonds. The first-order valence-electron chi connectivity index (χ1n) is 5.24. The fraction of sp³-hybridized carbons (Fsp3) is 0.417. The predicted molar refractivity (Wildman–Crippen MR) is 61.0 cm³/mol. The van der Waals surface area contributed by atoms with Crippen molar-refractivity contribution >= 4 is 5.91 Å². The van der Waals surface area contributed by atoms with Gasteiger partial charge in [-0.05, 0) is 31.5 Å². The van der Waals surface area contributed by atoms with Gasteiger partial charge in [-0.25, -0.2) is 0 Å². The van der Waals surface area contributed by atoms with Crippen molar-refractivity contribution in [2.45, 2.75) is 26.5 Å². The zero-order valence-electron chi connectivity index (χ0n) is 9.56. The molecule has 1 aromatic carbocycles. The van der Waals surface area contributed by atoms with Gasteiger partial charge in [0.25, 0.3) is 0 Å². The number of aromatic hydroxyl groups is 1. The van der Waals surface area contributed by atoms with Crippen LogP contribution in [0.25, 0.3) is 0 Å². The van der Waals surface area contributed by atoms with Crippen molar-refractivity contribution in [3.05, 3.63) is 29.8 Å². The summed E-state index contributed by atoms with van der Waals surface area (Å²) >= 11 is 0. The van der Waals surface area contributed by atoms with Crippen molar-refractivity contribution in [1.82, 2.24) is 5.32 Å². The molecule has 0 heterocycles. The van der Waals surface area contributed by atoms with Gasteiger partial charge in [0, 0.05) is 6.54 Å². The maximum Gasteiger partial charge on any atom is 0.246 e. The van der Waals surface area contributed by atoms with E-state index in [2.05, 4.69) is 5.32 Å². The molecule has 0 spiro atoms. The fourth-order valence-corrected chi connectivity index (χ4v) is 1.11. The normalized spacial score (nSPS) is 10.4. The van der Waals surface area contributed by atoms with Crippen molar-refractivity contribution in [3.8, 4) is 5.75 Å². The monoisotopic (exact) mass is 223 g/mol. The van der Waals surface area contributed by atoms with Crippen LogP contribution in [0.1, 0.15) is 19.4 Å². The fourth-order valence-electron chi connectivity index (χ4n) is 1.11. The molecule has 2 N–H and O–H groups in total. The van der Waals surface area contributed by atoms with Crippen LogP contribution in [0.2, 0.25) is 0 Å². The van der Waals surface area contributed by atoms with Crippen molar-refractivity contribution in [3.63, 3.8) is 0 Å². The predicted octanol–water partition coefficient (Wildman–Crippen LogP) is 1.43. The molecule has 0 aliphatic carbocycles. The molecule has 16 heavy (non-hydrogen) atoms. The van der Waals surface area contributed by atoms with Crippen molar-refractivity contribution in [1.29, 1.82) is 0 Å². The minimum atomic E-state index is -0.137. The Morgan fingerprint density at radius 2 is 2.00 bits per heavy atom. The number of hydrogen-bond acceptors (Lipinski definition) is 3. The van der Waals surface area contributed by atoms with Crippen LogP contribution in [0.4, 0.5) is 0 Å². The van der Waals surface area contributed by atoms with Crippen molar-refractivity contribution in [2.75, 3.05) is 6.61 Å². The summed E-state index contributed by atoms with van der Waals surface area (Å²) in [5, 5.41) is 11.8. The molecule has 0 radical (unpaired) electrons. The number of benzene rings is 1. The van der Waals surface area contributed by atoms with Crippen LogP contribution < -0.4 is 5.32 Å². The Morgan fingerprint density at radius 3 is 2.56 bits per heavy atom. The topological polar surface area (TPSA) is 58.6 Å². The van der Waals surface area contributed by atoms with Gasteiger partial charge in [0.1, 0.15) is 12.4 Å². The van der Waals surface area contributed by atoms with Crippen LogP contribution in [0, 0.1) is 0 Å². The SMILES string of the molecule is CC(C)OCC(=O)NCc1ccc(O)cc1. The van der Waals surface area contributed by atoms with E-state index in [4.69, 9.17) is 9.84 Å². The Balaban J connectivity index is 2.29. The average molecular weight is 223 g/mol. The highest BCUT2D eigenvalue weighted by atomic mass is 16.5. The van der Waals surface area contributed by atoms with E-state index in [-0.39, 0.29) is 24.4 Å². The molecule has 1 aromatic rings. The maximum absolute atomic E-state index is 11.3. The molecule has 0 unspecified atom stereocenters. The summed E-state index contributed by atoms with van der Waals surface area (Å²) in [6.07, 6.45) is 0.0550. The third kappa shape index (κ3) is 4.79. The van der Waals surface area contributed by atoms with Gasteiger partial charge < -0.3 is 15.2 Å². The lowest BCUT2D eigenvalue weighted by atomic mass is 10.2. The van der Waals surface area contributed by atoms with Gasteiger partial charge >= 0.3 is 0 Å². The number of amides is 1. The molecule has 0 saturated heterocycles. The molecule has 0 aromatic heterocycles. The van der Waals surface area contributed by atoms with Gasteiger partial charge in [0.15, 0.2) is 0 Å². The Hall–Kier alpha value is -1.55. The summed E-state index contributed by atoms with van der Waals surface area (Å²) in [5.41, 5.74) is 0.940. The largest absolute Gasteiger partial charge is 0.508 e. The average Bonchev–Trinajstić information content (AvgIpc) is 2.25. The molecule has 0 saturated carbocycles. The van der Waals surface area contributed by atoms with E-state index in [1.165, 1.54) is 0 Å². The molecule has 0 aliphatic heterocycles. The highest BCUT2D eigenvalue weighted by molar-refractivity contribution is 5.77. The number of ether oxygens (including phenoxy) is 1. The third-order valence-corrected chi connectivity index (χ3v) is 1.97. The van der Waals surface area contributed by atoms with Crippen molar-refractivity contribution in [2.24, 2.45) is 0 Å². The van der Waals surface area contributed by atoms with E-state index < -0.39 is 0 Å². The second-order valence-corrected chi connectivity index (χ2v) is 3.80. The van der Waals surface area contributed by atoms with Gasteiger partial charge in [-0.2, -0.15) is 0 Å². The van der Waals surface area contributed by atoms with Crippen LogP contribution in [-0.2, 0) is 16.1 Å². The molecular formula is C12H17NO3. The summed E-state index contributed by atoms with van der Waals surface area (Å²) in [5.74, 6) is 0.0833. The minimum Gasteiger partial charge on any atom is -0.508 e. The number of hydrogen-bond donors (Lipinski definition) is 2. The zero-order valence-corrected chi connectivity index (χ0v) is 9.56. The Morgan fingerprint density at radius 1 is 1.38 bits per heavy atom. The van der Waals surface area contributed by atoms with Gasteiger partial charge in [0.2, 0.25) is 5.91 Å². The molecule has 0 aliphatic rings. The number of rotatable bonds is 5. The second kappa shape index (κ2) is 6.12. The van der Waals surface area contributed by atoms with Gasteiger partial charge in [-0.15, -0.1) is 0 Å². The Kier molecular flexibility index (Phi) is 4.79. The lowest BCUT2D eigenvalue weighted by molar-refractivity contribution is -0.127.